The standard InChI is InChI=1S/C13H13F3N8O/c14-13(15,16)5-25-4-3-24-10-9(21-12(18)22-11(10)17)8(23-24)7-1-2-19-6-20-7/h1-2,6H,3-5H2,(H4,17,18,21,22). The van der Waals surface area contributed by atoms with Gasteiger partial charge in [0.2, 0.25) is 5.95 Å². The summed E-state index contributed by atoms with van der Waals surface area (Å²) < 4.78 is 42.4. The van der Waals surface area contributed by atoms with E-state index in [1.807, 2.05) is 0 Å². The number of nitrogen functional groups attached to an aromatic ring is 2. The Labute approximate surface area is 138 Å². The van der Waals surface area contributed by atoms with E-state index in [0.29, 0.717) is 22.4 Å². The molecular weight excluding hydrogens is 341 g/mol. The van der Waals surface area contributed by atoms with Crippen molar-refractivity contribution >= 4 is 22.8 Å². The van der Waals surface area contributed by atoms with Gasteiger partial charge in [-0.05, 0) is 6.07 Å². The fraction of sp³-hybridized carbons (Fsp3) is 0.308. The second-order valence-electron chi connectivity index (χ2n) is 5.00. The van der Waals surface area contributed by atoms with Crippen LogP contribution in [0.25, 0.3) is 22.4 Å². The third-order valence-electron chi connectivity index (χ3n) is 3.17. The van der Waals surface area contributed by atoms with Gasteiger partial charge in [-0.25, -0.2) is 15.0 Å². The number of halogens is 3. The zero-order valence-electron chi connectivity index (χ0n) is 12.7. The first kappa shape index (κ1) is 16.8. The Bertz CT molecular complexity index is 880. The maximum Gasteiger partial charge on any atom is 0.411 e. The quantitative estimate of drug-likeness (QED) is 0.650. The number of nitrogens with zero attached hydrogens (tertiary/aromatic N) is 6. The van der Waals surface area contributed by atoms with Crippen molar-refractivity contribution < 1.29 is 17.9 Å². The number of fused-ring (bicyclic) bond motifs is 1. The van der Waals surface area contributed by atoms with Gasteiger partial charge >= 0.3 is 6.18 Å². The van der Waals surface area contributed by atoms with Crippen molar-refractivity contribution in [1.82, 2.24) is 29.7 Å². The Morgan fingerprint density at radius 2 is 2.00 bits per heavy atom. The molecule has 0 unspecified atom stereocenters. The maximum absolute atomic E-state index is 12.2. The Balaban J connectivity index is 1.96. The van der Waals surface area contributed by atoms with Gasteiger partial charge in [0.05, 0.1) is 18.8 Å². The Kier molecular flexibility index (Phi) is 4.35. The van der Waals surface area contributed by atoms with Crippen molar-refractivity contribution in [3.8, 4) is 11.4 Å². The minimum atomic E-state index is -4.39. The molecule has 0 fully saturated rings. The molecule has 9 nitrogen and oxygen atoms in total. The Hall–Kier alpha value is -3.02. The number of hydrogen-bond acceptors (Lipinski definition) is 8. The average molecular weight is 354 g/mol. The first-order chi connectivity index (χ1) is 11.8. The lowest BCUT2D eigenvalue weighted by Crippen LogP contribution is -2.19. The van der Waals surface area contributed by atoms with E-state index in [0.717, 1.165) is 0 Å². The topological polar surface area (TPSA) is 131 Å². The molecule has 0 aliphatic heterocycles. The molecule has 0 saturated heterocycles. The van der Waals surface area contributed by atoms with Crippen LogP contribution in [0.1, 0.15) is 0 Å². The van der Waals surface area contributed by atoms with E-state index in [1.54, 1.807) is 6.07 Å². The van der Waals surface area contributed by atoms with E-state index in [4.69, 9.17) is 11.5 Å². The lowest BCUT2D eigenvalue weighted by Gasteiger charge is -2.08. The molecule has 0 amide bonds. The highest BCUT2D eigenvalue weighted by atomic mass is 19.4. The van der Waals surface area contributed by atoms with Crippen molar-refractivity contribution in [3.05, 3.63) is 18.6 Å². The van der Waals surface area contributed by atoms with Crippen LogP contribution >= 0.6 is 0 Å². The molecule has 3 aromatic heterocycles. The number of nitrogens with two attached hydrogens (primary N) is 2. The Morgan fingerprint density at radius 1 is 1.20 bits per heavy atom. The smallest absolute Gasteiger partial charge is 0.382 e. The largest absolute Gasteiger partial charge is 0.411 e. The molecule has 0 aromatic carbocycles. The molecule has 0 spiro atoms. The molecule has 25 heavy (non-hydrogen) atoms. The van der Waals surface area contributed by atoms with E-state index in [2.05, 4.69) is 29.8 Å². The third kappa shape index (κ3) is 3.74. The number of anilines is 2. The van der Waals surface area contributed by atoms with Crippen molar-refractivity contribution in [2.75, 3.05) is 24.7 Å². The van der Waals surface area contributed by atoms with Crippen LogP contribution in [0, 0.1) is 0 Å². The predicted molar refractivity (Wildman–Crippen MR) is 82.0 cm³/mol. The summed E-state index contributed by atoms with van der Waals surface area (Å²) in [6.45, 7) is -1.54. The first-order valence-electron chi connectivity index (χ1n) is 7.05. The van der Waals surface area contributed by atoms with Crippen LogP contribution in [0.5, 0.6) is 0 Å². The van der Waals surface area contributed by atoms with Crippen molar-refractivity contribution in [2.24, 2.45) is 0 Å². The molecule has 0 aliphatic rings. The number of aromatic nitrogens is 6. The van der Waals surface area contributed by atoms with Gasteiger partial charge < -0.3 is 16.2 Å². The molecule has 0 aliphatic carbocycles. The van der Waals surface area contributed by atoms with Crippen LogP contribution in [-0.4, -0.2) is 49.1 Å². The van der Waals surface area contributed by atoms with Gasteiger partial charge in [-0.15, -0.1) is 0 Å². The minimum Gasteiger partial charge on any atom is -0.382 e. The lowest BCUT2D eigenvalue weighted by molar-refractivity contribution is -0.174. The predicted octanol–water partition coefficient (Wildman–Crippen LogP) is 1.03. The summed E-state index contributed by atoms with van der Waals surface area (Å²) in [6, 6.07) is 1.61. The molecule has 12 heteroatoms. The minimum absolute atomic E-state index is 0.0230. The molecule has 3 rings (SSSR count). The highest BCUT2D eigenvalue weighted by molar-refractivity contribution is 5.95. The number of alkyl halides is 3. The van der Waals surface area contributed by atoms with Gasteiger partial charge in [-0.3, -0.25) is 4.68 Å². The highest BCUT2D eigenvalue weighted by Crippen LogP contribution is 2.28. The van der Waals surface area contributed by atoms with Crippen molar-refractivity contribution in [3.63, 3.8) is 0 Å². The van der Waals surface area contributed by atoms with Crippen LogP contribution < -0.4 is 11.5 Å². The summed E-state index contributed by atoms with van der Waals surface area (Å²) >= 11 is 0. The van der Waals surface area contributed by atoms with Crippen molar-refractivity contribution in [1.29, 1.82) is 0 Å². The number of hydrogen-bond donors (Lipinski definition) is 2. The summed E-state index contributed by atoms with van der Waals surface area (Å²) in [5.74, 6) is 0.0132. The summed E-state index contributed by atoms with van der Waals surface area (Å²) in [6.07, 6.45) is -1.54. The van der Waals surface area contributed by atoms with Gasteiger partial charge in [0.1, 0.15) is 29.7 Å². The molecule has 4 N–H and O–H groups in total. The SMILES string of the molecule is Nc1nc(N)c2c(n1)c(-c1ccncn1)nn2CCOCC(F)(F)F. The first-order valence-corrected chi connectivity index (χ1v) is 7.05. The summed E-state index contributed by atoms with van der Waals surface area (Å²) in [7, 11) is 0. The molecule has 3 heterocycles. The molecular formula is C13H13F3N8O. The van der Waals surface area contributed by atoms with E-state index < -0.39 is 12.8 Å². The van der Waals surface area contributed by atoms with Crippen LogP contribution in [0.4, 0.5) is 24.9 Å². The zero-order chi connectivity index (χ0) is 18.0. The molecule has 0 saturated carbocycles. The van der Waals surface area contributed by atoms with Gasteiger partial charge in [-0.2, -0.15) is 23.3 Å². The zero-order valence-corrected chi connectivity index (χ0v) is 12.7. The second kappa shape index (κ2) is 6.47. The van der Waals surface area contributed by atoms with Crippen LogP contribution in [0.3, 0.4) is 0 Å². The molecule has 0 atom stereocenters. The molecule has 3 aromatic rings. The Morgan fingerprint density at radius 3 is 2.68 bits per heavy atom. The summed E-state index contributed by atoms with van der Waals surface area (Å²) in [5, 5.41) is 4.32. The number of ether oxygens (including phenoxy) is 1. The van der Waals surface area contributed by atoms with Gasteiger partial charge in [0, 0.05) is 6.20 Å². The van der Waals surface area contributed by atoms with Gasteiger partial charge in [0.15, 0.2) is 5.82 Å². The molecule has 0 bridgehead atoms. The molecule has 0 radical (unpaired) electrons. The van der Waals surface area contributed by atoms with Gasteiger partial charge in [0.25, 0.3) is 0 Å². The van der Waals surface area contributed by atoms with E-state index in [9.17, 15) is 13.2 Å². The fourth-order valence-corrected chi connectivity index (χ4v) is 2.23. The van der Waals surface area contributed by atoms with Gasteiger partial charge in [-0.1, -0.05) is 0 Å². The molecule has 132 valence electrons. The van der Waals surface area contributed by atoms with Crippen molar-refractivity contribution in [2.45, 2.75) is 12.7 Å². The van der Waals surface area contributed by atoms with E-state index in [-0.39, 0.29) is 24.9 Å². The average Bonchev–Trinajstić information content (AvgIpc) is 2.90. The van der Waals surface area contributed by atoms with Crippen LogP contribution in [0.2, 0.25) is 0 Å². The lowest BCUT2D eigenvalue weighted by atomic mass is 10.2. The van der Waals surface area contributed by atoms with Crippen LogP contribution in [-0.2, 0) is 11.3 Å². The summed E-state index contributed by atoms with van der Waals surface area (Å²) in [4.78, 5) is 15.9. The van der Waals surface area contributed by atoms with Crippen LogP contribution in [0.15, 0.2) is 18.6 Å². The number of rotatable bonds is 5. The maximum atomic E-state index is 12.2. The normalized spacial score (nSPS) is 12.0. The highest BCUT2D eigenvalue weighted by Gasteiger charge is 2.27. The van der Waals surface area contributed by atoms with E-state index in [1.165, 1.54) is 17.2 Å². The third-order valence-corrected chi connectivity index (χ3v) is 3.17. The summed E-state index contributed by atoms with van der Waals surface area (Å²) in [5.41, 5.74) is 13.0. The fourth-order valence-electron chi connectivity index (χ4n) is 2.23. The second-order valence-corrected chi connectivity index (χ2v) is 5.00. The monoisotopic (exact) mass is 354 g/mol. The van der Waals surface area contributed by atoms with E-state index >= 15 is 0 Å².